The topological polar surface area (TPSA) is 54.2 Å². The van der Waals surface area contributed by atoms with E-state index in [9.17, 15) is 0 Å². The molecule has 0 aliphatic rings. The van der Waals surface area contributed by atoms with E-state index in [2.05, 4.69) is 21.5 Å². The Kier molecular flexibility index (Phi) is 2.76. The second-order valence-electron chi connectivity index (χ2n) is 4.23. The van der Waals surface area contributed by atoms with Gasteiger partial charge in [0.15, 0.2) is 12.0 Å². The minimum Gasteiger partial charge on any atom is -0.443 e. The summed E-state index contributed by atoms with van der Waals surface area (Å²) in [5, 5.41) is 1.89. The summed E-state index contributed by atoms with van der Waals surface area (Å²) in [6.45, 7) is 4.01. The highest BCUT2D eigenvalue weighted by atomic mass is 16.3. The van der Waals surface area contributed by atoms with Crippen LogP contribution < -0.4 is 10.6 Å². The molecule has 0 saturated heterocycles. The second-order valence-corrected chi connectivity index (χ2v) is 4.23. The molecule has 3 rings (SSSR count). The second kappa shape index (κ2) is 4.57. The molecule has 0 spiro atoms. The van der Waals surface area contributed by atoms with Gasteiger partial charge in [0.1, 0.15) is 5.52 Å². The van der Waals surface area contributed by atoms with Gasteiger partial charge in [0.25, 0.3) is 0 Å². The predicted octanol–water partition coefficient (Wildman–Crippen LogP) is 1.71. The zero-order chi connectivity index (χ0) is 13.2. The van der Waals surface area contributed by atoms with E-state index in [1.807, 2.05) is 30.3 Å². The van der Waals surface area contributed by atoms with Crippen LogP contribution >= 0.6 is 0 Å². The number of H-pyrrole nitrogens is 1. The van der Waals surface area contributed by atoms with Crippen molar-refractivity contribution in [3.63, 3.8) is 0 Å². The Morgan fingerprint density at radius 2 is 2.26 bits per heavy atom. The molecule has 0 saturated carbocycles. The smallest absolute Gasteiger partial charge is 0.181 e. The normalized spacial score (nSPS) is 12.8. The summed E-state index contributed by atoms with van der Waals surface area (Å²) in [7, 11) is 1.74. The minimum absolute atomic E-state index is 0.776. The lowest BCUT2D eigenvalue weighted by Crippen LogP contribution is -2.20. The summed E-state index contributed by atoms with van der Waals surface area (Å²) < 4.78 is 5.31. The van der Waals surface area contributed by atoms with Crippen molar-refractivity contribution in [3.05, 3.63) is 41.2 Å². The maximum atomic E-state index is 5.31. The number of rotatable bonds is 2. The molecule has 0 amide bonds. The molecule has 2 aromatic heterocycles. The van der Waals surface area contributed by atoms with Crippen molar-refractivity contribution in [3.8, 4) is 11.3 Å². The number of nitrogens with zero attached hydrogens (tertiary/aromatic N) is 2. The van der Waals surface area contributed by atoms with E-state index in [1.54, 1.807) is 13.3 Å². The fourth-order valence-corrected chi connectivity index (χ4v) is 1.99. The van der Waals surface area contributed by atoms with Crippen LogP contribution in [-0.2, 0) is 0 Å². The lowest BCUT2D eigenvalue weighted by Gasteiger charge is -1.96. The van der Waals surface area contributed by atoms with Gasteiger partial charge in [-0.3, -0.25) is 4.99 Å². The van der Waals surface area contributed by atoms with Gasteiger partial charge in [-0.2, -0.15) is 0 Å². The number of benzene rings is 1. The third-order valence-electron chi connectivity index (χ3n) is 2.97. The third kappa shape index (κ3) is 2.08. The van der Waals surface area contributed by atoms with Crippen molar-refractivity contribution in [2.75, 3.05) is 7.05 Å². The zero-order valence-electron chi connectivity index (χ0n) is 10.6. The van der Waals surface area contributed by atoms with Gasteiger partial charge in [0.2, 0.25) is 0 Å². The Bertz CT molecular complexity index is 855. The predicted molar refractivity (Wildman–Crippen MR) is 77.4 cm³/mol. The molecule has 0 aliphatic heterocycles. The van der Waals surface area contributed by atoms with Gasteiger partial charge in [0, 0.05) is 29.9 Å². The molecule has 1 aromatic carbocycles. The van der Waals surface area contributed by atoms with Crippen LogP contribution in [0, 0.1) is 0 Å². The number of aliphatic imine (C=N–C) groups is 1. The van der Waals surface area contributed by atoms with E-state index in [-0.39, 0.29) is 0 Å². The zero-order valence-corrected chi connectivity index (χ0v) is 10.6. The number of nitrogens with one attached hydrogen (secondary N) is 1. The van der Waals surface area contributed by atoms with E-state index in [1.165, 1.54) is 6.39 Å². The van der Waals surface area contributed by atoms with Crippen LogP contribution in [-0.4, -0.2) is 23.2 Å². The molecule has 0 bridgehead atoms. The molecule has 94 valence electrons. The fourth-order valence-electron chi connectivity index (χ4n) is 1.99. The molecule has 1 N–H and O–H groups in total. The van der Waals surface area contributed by atoms with Gasteiger partial charge in [0.05, 0.1) is 0 Å². The molecule has 2 heterocycles. The average molecular weight is 251 g/mol. The van der Waals surface area contributed by atoms with Crippen molar-refractivity contribution >= 4 is 30.0 Å². The molecular formula is C15H13N3O. The number of hydrogen-bond acceptors (Lipinski definition) is 3. The summed E-state index contributed by atoms with van der Waals surface area (Å²) in [6, 6.07) is 7.92. The molecule has 0 unspecified atom stereocenters. The first kappa shape index (κ1) is 11.5. The fraction of sp³-hybridized carbons (Fsp3) is 0.0667. The minimum atomic E-state index is 0.776. The summed E-state index contributed by atoms with van der Waals surface area (Å²) in [5.41, 5.74) is 3.68. The molecule has 4 heteroatoms. The lowest BCUT2D eigenvalue weighted by molar-refractivity contribution is 0.602. The van der Waals surface area contributed by atoms with Crippen molar-refractivity contribution in [2.24, 2.45) is 4.99 Å². The highest BCUT2D eigenvalue weighted by Crippen LogP contribution is 2.20. The van der Waals surface area contributed by atoms with Crippen LogP contribution in [0.5, 0.6) is 0 Å². The first-order chi connectivity index (χ1) is 9.28. The molecular weight excluding hydrogens is 238 g/mol. The summed E-state index contributed by atoms with van der Waals surface area (Å²) >= 11 is 0. The van der Waals surface area contributed by atoms with E-state index >= 15 is 0 Å². The van der Waals surface area contributed by atoms with E-state index < -0.39 is 0 Å². The van der Waals surface area contributed by atoms with Gasteiger partial charge < -0.3 is 9.40 Å². The summed E-state index contributed by atoms with van der Waals surface area (Å²) in [6.07, 6.45) is 5.09. The highest BCUT2D eigenvalue weighted by Gasteiger charge is 2.04. The Labute approximate surface area is 109 Å². The van der Waals surface area contributed by atoms with Crippen LogP contribution in [0.15, 0.2) is 40.1 Å². The molecule has 0 atom stereocenters. The van der Waals surface area contributed by atoms with Gasteiger partial charge in [-0.05, 0) is 29.5 Å². The Morgan fingerprint density at radius 3 is 3.11 bits per heavy atom. The SMILES string of the molecule is C=c1cc(-c2ccc3ncoc3c2)[nH]/c1=C/C=NC. The molecule has 4 nitrogen and oxygen atoms in total. The number of hydrogen-bond donors (Lipinski definition) is 1. The summed E-state index contributed by atoms with van der Waals surface area (Å²) in [5.74, 6) is 0. The maximum absolute atomic E-state index is 5.31. The van der Waals surface area contributed by atoms with E-state index in [0.29, 0.717) is 0 Å². The van der Waals surface area contributed by atoms with Crippen molar-refractivity contribution < 1.29 is 4.42 Å². The van der Waals surface area contributed by atoms with Crippen LogP contribution in [0.4, 0.5) is 0 Å². The van der Waals surface area contributed by atoms with Gasteiger partial charge in [-0.1, -0.05) is 12.6 Å². The monoisotopic (exact) mass is 251 g/mol. The Morgan fingerprint density at radius 1 is 1.37 bits per heavy atom. The highest BCUT2D eigenvalue weighted by molar-refractivity contribution is 5.90. The van der Waals surface area contributed by atoms with Crippen molar-refractivity contribution in [1.29, 1.82) is 0 Å². The van der Waals surface area contributed by atoms with Crippen LogP contribution in [0.25, 0.3) is 35.0 Å². The summed E-state index contributed by atoms with van der Waals surface area (Å²) in [4.78, 5) is 11.4. The van der Waals surface area contributed by atoms with Crippen LogP contribution in [0.2, 0.25) is 0 Å². The average Bonchev–Trinajstić information content (AvgIpc) is 3.02. The molecule has 0 fully saturated rings. The van der Waals surface area contributed by atoms with Gasteiger partial charge >= 0.3 is 0 Å². The standard InChI is InChI=1S/C15H13N3O/c1-10-7-14(18-12(10)5-6-16-2)11-3-4-13-15(8-11)19-9-17-13/h3-9,18H,1H2,2H3/b12-5+,16-6?. The largest absolute Gasteiger partial charge is 0.443 e. The number of aromatic nitrogens is 2. The molecule has 0 aliphatic carbocycles. The third-order valence-corrected chi connectivity index (χ3v) is 2.97. The first-order valence-electron chi connectivity index (χ1n) is 5.92. The maximum Gasteiger partial charge on any atom is 0.181 e. The first-order valence-corrected chi connectivity index (χ1v) is 5.92. The molecule has 0 radical (unpaired) electrons. The molecule has 19 heavy (non-hydrogen) atoms. The Balaban J connectivity index is 2.13. The van der Waals surface area contributed by atoms with Crippen LogP contribution in [0.1, 0.15) is 0 Å². The van der Waals surface area contributed by atoms with E-state index in [4.69, 9.17) is 4.42 Å². The van der Waals surface area contributed by atoms with E-state index in [0.717, 1.165) is 32.9 Å². The van der Waals surface area contributed by atoms with Gasteiger partial charge in [-0.25, -0.2) is 4.98 Å². The molecule has 3 aromatic rings. The van der Waals surface area contributed by atoms with Crippen molar-refractivity contribution in [2.45, 2.75) is 0 Å². The van der Waals surface area contributed by atoms with Crippen LogP contribution in [0.3, 0.4) is 0 Å². The number of fused-ring (bicyclic) bond motifs is 1. The van der Waals surface area contributed by atoms with Crippen molar-refractivity contribution in [1.82, 2.24) is 9.97 Å². The lowest BCUT2D eigenvalue weighted by atomic mass is 10.1. The van der Waals surface area contributed by atoms with Gasteiger partial charge in [-0.15, -0.1) is 0 Å². The number of oxazole rings is 1. The Hall–Kier alpha value is -2.62. The number of aromatic amines is 1. The quantitative estimate of drug-likeness (QED) is 0.705.